The minimum Gasteiger partial charge on any atom is -0.378 e. The van der Waals surface area contributed by atoms with Crippen LogP contribution in [0.5, 0.6) is 0 Å². The monoisotopic (exact) mass is 439 g/mol. The molecule has 0 radical (unpaired) electrons. The lowest BCUT2D eigenvalue weighted by Crippen LogP contribution is -2.46. The van der Waals surface area contributed by atoms with Gasteiger partial charge in [-0.2, -0.15) is 0 Å². The maximum Gasteiger partial charge on any atom is 0.270 e. The Labute approximate surface area is 189 Å². The molecule has 5 rings (SSSR count). The van der Waals surface area contributed by atoms with Crippen molar-refractivity contribution in [3.63, 3.8) is 0 Å². The Morgan fingerprint density at radius 3 is 2.41 bits per heavy atom. The van der Waals surface area contributed by atoms with Crippen LogP contribution in [0.1, 0.15) is 36.2 Å². The smallest absolute Gasteiger partial charge is 0.270 e. The van der Waals surface area contributed by atoms with Crippen LogP contribution in [0.25, 0.3) is 11.0 Å². The van der Waals surface area contributed by atoms with Gasteiger partial charge in [0.15, 0.2) is 0 Å². The molecule has 1 N–H and O–H groups in total. The molecule has 5 heterocycles. The molecule has 0 unspecified atom stereocenters. The number of morpholine rings is 1. The molecule has 3 aliphatic rings. The third-order valence-corrected chi connectivity index (χ3v) is 6.81. The first-order valence-corrected chi connectivity index (χ1v) is 12.0. The van der Waals surface area contributed by atoms with E-state index < -0.39 is 0 Å². The third kappa shape index (κ3) is 5.16. The second kappa shape index (κ2) is 10.1. The summed E-state index contributed by atoms with van der Waals surface area (Å²) >= 11 is 0. The van der Waals surface area contributed by atoms with Crippen LogP contribution in [-0.4, -0.2) is 102 Å². The number of nitrogens with zero attached hydrogens (tertiary/aromatic N) is 6. The predicted molar refractivity (Wildman–Crippen MR) is 123 cm³/mol. The van der Waals surface area contributed by atoms with Gasteiger partial charge >= 0.3 is 0 Å². The SMILES string of the molecule is O=C(NC1CCN(CCN2CCCC2)CC1)c1ccc2nc(N3CCOCC3)ncc2n1. The van der Waals surface area contributed by atoms with Crippen molar-refractivity contribution in [1.82, 2.24) is 30.1 Å². The van der Waals surface area contributed by atoms with Crippen LogP contribution in [0.2, 0.25) is 0 Å². The van der Waals surface area contributed by atoms with Gasteiger partial charge in [0.1, 0.15) is 11.2 Å². The lowest BCUT2D eigenvalue weighted by Gasteiger charge is -2.33. The number of ether oxygens (including phenoxy) is 1. The Kier molecular flexibility index (Phi) is 6.75. The maximum absolute atomic E-state index is 12.8. The lowest BCUT2D eigenvalue weighted by atomic mass is 10.0. The number of piperidine rings is 1. The Hall–Kier alpha value is -2.36. The number of anilines is 1. The van der Waals surface area contributed by atoms with E-state index in [1.54, 1.807) is 12.3 Å². The first-order valence-electron chi connectivity index (χ1n) is 12.0. The van der Waals surface area contributed by atoms with Gasteiger partial charge < -0.3 is 24.8 Å². The number of nitrogens with one attached hydrogen (secondary N) is 1. The van der Waals surface area contributed by atoms with Gasteiger partial charge in [0.2, 0.25) is 5.95 Å². The summed E-state index contributed by atoms with van der Waals surface area (Å²) in [5, 5.41) is 3.18. The number of aromatic nitrogens is 3. The van der Waals surface area contributed by atoms with Crippen LogP contribution in [0.3, 0.4) is 0 Å². The highest BCUT2D eigenvalue weighted by atomic mass is 16.5. The van der Waals surface area contributed by atoms with E-state index in [1.807, 2.05) is 6.07 Å². The number of rotatable bonds is 6. The standard InChI is InChI=1S/C23H33N7O2/c31-22(25-18-5-9-29(10-6-18)12-11-28-7-1-2-8-28)20-4-3-19-21(26-20)17-24-23(27-19)30-13-15-32-16-14-30/h3-4,17-18H,1-2,5-16H2,(H,25,31). The largest absolute Gasteiger partial charge is 0.378 e. The molecule has 3 saturated heterocycles. The Bertz CT molecular complexity index is 920. The van der Waals surface area contributed by atoms with E-state index in [0.29, 0.717) is 30.4 Å². The first-order chi connectivity index (χ1) is 15.7. The summed E-state index contributed by atoms with van der Waals surface area (Å²) in [7, 11) is 0. The molecule has 1 amide bonds. The van der Waals surface area contributed by atoms with Crippen molar-refractivity contribution in [3.8, 4) is 0 Å². The number of likely N-dealkylation sites (tertiary alicyclic amines) is 2. The quantitative estimate of drug-likeness (QED) is 0.718. The van der Waals surface area contributed by atoms with Crippen molar-refractivity contribution in [3.05, 3.63) is 24.0 Å². The van der Waals surface area contributed by atoms with Gasteiger partial charge in [-0.25, -0.2) is 15.0 Å². The molecule has 0 aliphatic carbocycles. The second-order valence-electron chi connectivity index (χ2n) is 9.01. The summed E-state index contributed by atoms with van der Waals surface area (Å²) in [4.78, 5) is 33.6. The van der Waals surface area contributed by atoms with E-state index in [9.17, 15) is 4.79 Å². The van der Waals surface area contributed by atoms with Gasteiger partial charge in [-0.1, -0.05) is 0 Å². The lowest BCUT2D eigenvalue weighted by molar-refractivity contribution is 0.0903. The topological polar surface area (TPSA) is 86.7 Å². The summed E-state index contributed by atoms with van der Waals surface area (Å²) in [6.07, 6.45) is 6.38. The minimum absolute atomic E-state index is 0.111. The van der Waals surface area contributed by atoms with Crippen LogP contribution in [0, 0.1) is 0 Å². The Morgan fingerprint density at radius 2 is 1.66 bits per heavy atom. The molecule has 2 aromatic rings. The Morgan fingerprint density at radius 1 is 0.938 bits per heavy atom. The van der Waals surface area contributed by atoms with Gasteiger partial charge in [-0.15, -0.1) is 0 Å². The number of hydrogen-bond donors (Lipinski definition) is 1. The molecule has 3 aliphatic heterocycles. The van der Waals surface area contributed by atoms with Crippen molar-refractivity contribution in [2.45, 2.75) is 31.7 Å². The van der Waals surface area contributed by atoms with Crippen LogP contribution in [-0.2, 0) is 4.74 Å². The molecule has 3 fully saturated rings. The van der Waals surface area contributed by atoms with Gasteiger partial charge in [-0.05, 0) is 50.9 Å². The fourth-order valence-electron chi connectivity index (χ4n) is 4.80. The highest BCUT2D eigenvalue weighted by Gasteiger charge is 2.23. The molecule has 0 spiro atoms. The van der Waals surface area contributed by atoms with E-state index in [2.05, 4.69) is 35.0 Å². The molecule has 0 atom stereocenters. The van der Waals surface area contributed by atoms with E-state index in [-0.39, 0.29) is 11.9 Å². The average Bonchev–Trinajstić information content (AvgIpc) is 3.37. The third-order valence-electron chi connectivity index (χ3n) is 6.81. The highest BCUT2D eigenvalue weighted by Crippen LogP contribution is 2.17. The molecule has 0 saturated carbocycles. The second-order valence-corrected chi connectivity index (χ2v) is 9.01. The minimum atomic E-state index is -0.111. The number of fused-ring (bicyclic) bond motifs is 1. The highest BCUT2D eigenvalue weighted by molar-refractivity contribution is 5.94. The zero-order chi connectivity index (χ0) is 21.8. The van der Waals surface area contributed by atoms with Gasteiger partial charge in [0.05, 0.1) is 24.9 Å². The molecule has 9 nitrogen and oxygen atoms in total. The molecule has 9 heteroatoms. The van der Waals surface area contributed by atoms with E-state index in [1.165, 1.54) is 32.5 Å². The van der Waals surface area contributed by atoms with Crippen molar-refractivity contribution < 1.29 is 9.53 Å². The fourth-order valence-corrected chi connectivity index (χ4v) is 4.80. The molecule has 2 aromatic heterocycles. The molecule has 172 valence electrons. The van der Waals surface area contributed by atoms with Gasteiger partial charge in [0, 0.05) is 45.3 Å². The number of carbonyl (C=O) groups is 1. The molecular formula is C23H33N7O2. The van der Waals surface area contributed by atoms with Crippen molar-refractivity contribution in [2.75, 3.05) is 70.5 Å². The summed E-state index contributed by atoms with van der Waals surface area (Å²) in [5.74, 6) is 0.580. The van der Waals surface area contributed by atoms with E-state index >= 15 is 0 Å². The first kappa shape index (κ1) is 21.5. The van der Waals surface area contributed by atoms with Crippen LogP contribution in [0.15, 0.2) is 18.3 Å². The van der Waals surface area contributed by atoms with E-state index in [0.717, 1.165) is 51.1 Å². The summed E-state index contributed by atoms with van der Waals surface area (Å²) in [6.45, 7) is 9.87. The summed E-state index contributed by atoms with van der Waals surface area (Å²) in [6, 6.07) is 3.84. The Balaban J connectivity index is 1.13. The van der Waals surface area contributed by atoms with Crippen LogP contribution in [0.4, 0.5) is 5.95 Å². The zero-order valence-corrected chi connectivity index (χ0v) is 18.7. The number of carbonyl (C=O) groups excluding carboxylic acids is 1. The molecule has 32 heavy (non-hydrogen) atoms. The average molecular weight is 440 g/mol. The van der Waals surface area contributed by atoms with Crippen molar-refractivity contribution in [1.29, 1.82) is 0 Å². The predicted octanol–water partition coefficient (Wildman–Crippen LogP) is 1.15. The fraction of sp³-hybridized carbons (Fsp3) is 0.652. The number of hydrogen-bond acceptors (Lipinski definition) is 8. The van der Waals surface area contributed by atoms with Gasteiger partial charge in [0.25, 0.3) is 5.91 Å². The molecule has 0 aromatic carbocycles. The van der Waals surface area contributed by atoms with E-state index in [4.69, 9.17) is 4.74 Å². The number of amides is 1. The van der Waals surface area contributed by atoms with Crippen molar-refractivity contribution >= 4 is 22.9 Å². The van der Waals surface area contributed by atoms with Crippen LogP contribution < -0.4 is 10.2 Å². The molecule has 0 bridgehead atoms. The number of pyridine rings is 1. The normalized spacial score (nSPS) is 21.3. The maximum atomic E-state index is 12.8. The zero-order valence-electron chi connectivity index (χ0n) is 18.7. The summed E-state index contributed by atoms with van der Waals surface area (Å²) in [5.41, 5.74) is 1.83. The van der Waals surface area contributed by atoms with Crippen LogP contribution >= 0.6 is 0 Å². The van der Waals surface area contributed by atoms with Crippen molar-refractivity contribution in [2.24, 2.45) is 0 Å². The molecular weight excluding hydrogens is 406 g/mol. The summed E-state index contributed by atoms with van der Waals surface area (Å²) < 4.78 is 5.39. The van der Waals surface area contributed by atoms with Gasteiger partial charge in [-0.3, -0.25) is 4.79 Å².